The molecule has 178 valence electrons. The van der Waals surface area contributed by atoms with Gasteiger partial charge in [0.1, 0.15) is 5.82 Å². The lowest BCUT2D eigenvalue weighted by molar-refractivity contribution is -0.121. The highest BCUT2D eigenvalue weighted by atomic mass is 19.1. The van der Waals surface area contributed by atoms with E-state index in [1.165, 1.54) is 36.4 Å². The number of Topliss-reactive ketones (excluding diaryl/α,β-unsaturated/α-hetero) is 1. The van der Waals surface area contributed by atoms with Crippen LogP contribution in [0, 0.1) is 5.82 Å². The number of nitrogens with one attached hydrogen (secondary N) is 1. The van der Waals surface area contributed by atoms with Gasteiger partial charge >= 0.3 is 5.97 Å². The van der Waals surface area contributed by atoms with Crippen LogP contribution in [0.2, 0.25) is 0 Å². The summed E-state index contributed by atoms with van der Waals surface area (Å²) in [5, 5.41) is 3.14. The fourth-order valence-corrected chi connectivity index (χ4v) is 3.78. The van der Waals surface area contributed by atoms with Crippen LogP contribution in [0.15, 0.2) is 78.9 Å². The van der Waals surface area contributed by atoms with Gasteiger partial charge in [0, 0.05) is 5.56 Å². The molecule has 1 heterocycles. The summed E-state index contributed by atoms with van der Waals surface area (Å²) in [6.07, 6.45) is 0.794. The highest BCUT2D eigenvalue weighted by Crippen LogP contribution is 2.23. The molecule has 0 bridgehead atoms. The molecule has 1 N–H and O–H groups in total. The molecule has 7 nitrogen and oxygen atoms in total. The Morgan fingerprint density at radius 2 is 1.57 bits per heavy atom. The SMILES string of the molecule is O=C(COC(=O)c1ccc(N2C(=O)CC(NCCc3ccccc3)C2=O)cc1)c1ccc(F)cc1. The number of benzene rings is 3. The second-order valence-electron chi connectivity index (χ2n) is 8.07. The summed E-state index contributed by atoms with van der Waals surface area (Å²) in [5.41, 5.74) is 1.88. The number of nitrogens with zero attached hydrogens (tertiary/aromatic N) is 1. The van der Waals surface area contributed by atoms with Crippen LogP contribution in [0.5, 0.6) is 0 Å². The summed E-state index contributed by atoms with van der Waals surface area (Å²) in [7, 11) is 0. The normalized spacial score (nSPS) is 15.3. The van der Waals surface area contributed by atoms with Gasteiger partial charge in [-0.05, 0) is 67.1 Å². The molecule has 0 aliphatic carbocycles. The van der Waals surface area contributed by atoms with Gasteiger partial charge in [-0.15, -0.1) is 0 Å². The first-order valence-electron chi connectivity index (χ1n) is 11.1. The third-order valence-corrected chi connectivity index (χ3v) is 5.66. The summed E-state index contributed by atoms with van der Waals surface area (Å²) in [5.74, 6) is -2.33. The van der Waals surface area contributed by atoms with Gasteiger partial charge in [-0.2, -0.15) is 0 Å². The van der Waals surface area contributed by atoms with Crippen LogP contribution in [-0.4, -0.2) is 42.8 Å². The number of hydrogen-bond donors (Lipinski definition) is 1. The number of ketones is 1. The lowest BCUT2D eigenvalue weighted by atomic mass is 10.1. The van der Waals surface area contributed by atoms with Crippen molar-refractivity contribution in [2.75, 3.05) is 18.1 Å². The van der Waals surface area contributed by atoms with Crippen molar-refractivity contribution in [3.05, 3.63) is 101 Å². The first kappa shape index (κ1) is 24.0. The smallest absolute Gasteiger partial charge is 0.338 e. The number of anilines is 1. The van der Waals surface area contributed by atoms with E-state index in [0.29, 0.717) is 12.2 Å². The molecule has 1 saturated heterocycles. The number of esters is 1. The Hall–Kier alpha value is -4.17. The maximum absolute atomic E-state index is 13.0. The fraction of sp³-hybridized carbons (Fsp3) is 0.185. The molecule has 0 aromatic heterocycles. The van der Waals surface area contributed by atoms with E-state index in [4.69, 9.17) is 4.74 Å². The molecule has 1 fully saturated rings. The molecule has 0 radical (unpaired) electrons. The molecule has 3 aromatic carbocycles. The number of ether oxygens (including phenoxy) is 1. The van der Waals surface area contributed by atoms with Crippen molar-refractivity contribution in [3.63, 3.8) is 0 Å². The zero-order chi connectivity index (χ0) is 24.8. The zero-order valence-corrected chi connectivity index (χ0v) is 18.8. The van der Waals surface area contributed by atoms with Crippen LogP contribution in [-0.2, 0) is 20.7 Å². The third-order valence-electron chi connectivity index (χ3n) is 5.66. The Morgan fingerprint density at radius 3 is 2.26 bits per heavy atom. The molecule has 3 aromatic rings. The summed E-state index contributed by atoms with van der Waals surface area (Å²) in [6, 6.07) is 20.0. The number of imide groups is 1. The van der Waals surface area contributed by atoms with Gasteiger partial charge in [0.05, 0.1) is 23.7 Å². The molecule has 1 aliphatic rings. The molecule has 0 spiro atoms. The molecule has 2 amide bonds. The average Bonchev–Trinajstić information content (AvgIpc) is 3.16. The Bertz CT molecular complexity index is 1230. The van der Waals surface area contributed by atoms with Gasteiger partial charge in [0.15, 0.2) is 12.4 Å². The van der Waals surface area contributed by atoms with Gasteiger partial charge in [-0.1, -0.05) is 30.3 Å². The molecule has 0 saturated carbocycles. The van der Waals surface area contributed by atoms with Crippen molar-refractivity contribution in [1.82, 2.24) is 5.32 Å². The Labute approximate surface area is 201 Å². The van der Waals surface area contributed by atoms with Crippen molar-refractivity contribution in [2.24, 2.45) is 0 Å². The second kappa shape index (κ2) is 10.8. The van der Waals surface area contributed by atoms with Gasteiger partial charge in [0.2, 0.25) is 5.91 Å². The number of rotatable bonds is 9. The van der Waals surface area contributed by atoms with E-state index in [1.807, 2.05) is 30.3 Å². The Morgan fingerprint density at radius 1 is 0.914 bits per heavy atom. The van der Waals surface area contributed by atoms with E-state index in [2.05, 4.69) is 5.32 Å². The van der Waals surface area contributed by atoms with Crippen LogP contribution in [0.25, 0.3) is 0 Å². The average molecular weight is 474 g/mol. The van der Waals surface area contributed by atoms with Crippen LogP contribution in [0.3, 0.4) is 0 Å². The van der Waals surface area contributed by atoms with E-state index in [0.717, 1.165) is 29.0 Å². The van der Waals surface area contributed by atoms with E-state index in [9.17, 15) is 23.6 Å². The van der Waals surface area contributed by atoms with Crippen LogP contribution < -0.4 is 10.2 Å². The van der Waals surface area contributed by atoms with Crippen LogP contribution in [0.4, 0.5) is 10.1 Å². The number of hydrogen-bond acceptors (Lipinski definition) is 6. The fourth-order valence-electron chi connectivity index (χ4n) is 3.78. The lowest BCUT2D eigenvalue weighted by Gasteiger charge is -2.16. The molecule has 4 rings (SSSR count). The highest BCUT2D eigenvalue weighted by molar-refractivity contribution is 6.22. The van der Waals surface area contributed by atoms with Crippen molar-refractivity contribution in [3.8, 4) is 0 Å². The Kier molecular flexibility index (Phi) is 7.42. The van der Waals surface area contributed by atoms with Crippen molar-refractivity contribution < 1.29 is 28.3 Å². The quantitative estimate of drug-likeness (QED) is 0.291. The van der Waals surface area contributed by atoms with Crippen molar-refractivity contribution >= 4 is 29.3 Å². The minimum atomic E-state index is -0.730. The van der Waals surface area contributed by atoms with E-state index < -0.39 is 30.2 Å². The van der Waals surface area contributed by atoms with E-state index >= 15 is 0 Å². The predicted molar refractivity (Wildman–Crippen MR) is 127 cm³/mol. The topological polar surface area (TPSA) is 92.8 Å². The van der Waals surface area contributed by atoms with Crippen molar-refractivity contribution in [2.45, 2.75) is 18.9 Å². The molecular weight excluding hydrogens is 451 g/mol. The largest absolute Gasteiger partial charge is 0.454 e. The summed E-state index contributed by atoms with van der Waals surface area (Å²) in [4.78, 5) is 50.8. The van der Waals surface area contributed by atoms with E-state index in [1.54, 1.807) is 0 Å². The maximum atomic E-state index is 13.0. The second-order valence-corrected chi connectivity index (χ2v) is 8.07. The summed E-state index contributed by atoms with van der Waals surface area (Å²) < 4.78 is 18.0. The molecule has 8 heteroatoms. The number of amides is 2. The molecule has 35 heavy (non-hydrogen) atoms. The number of carbonyl (C=O) groups excluding carboxylic acids is 4. The Balaban J connectivity index is 1.31. The minimum absolute atomic E-state index is 0.0584. The van der Waals surface area contributed by atoms with Crippen molar-refractivity contribution in [1.29, 1.82) is 0 Å². The van der Waals surface area contributed by atoms with Crippen LogP contribution >= 0.6 is 0 Å². The molecule has 1 aliphatic heterocycles. The minimum Gasteiger partial charge on any atom is -0.454 e. The first-order chi connectivity index (χ1) is 16.9. The predicted octanol–water partition coefficient (Wildman–Crippen LogP) is 3.33. The summed E-state index contributed by atoms with van der Waals surface area (Å²) in [6.45, 7) is 0.0641. The lowest BCUT2D eigenvalue weighted by Crippen LogP contribution is -2.39. The van der Waals surface area contributed by atoms with Gasteiger partial charge < -0.3 is 10.1 Å². The van der Waals surface area contributed by atoms with Crippen LogP contribution in [0.1, 0.15) is 32.7 Å². The molecule has 1 atom stereocenters. The summed E-state index contributed by atoms with van der Waals surface area (Å²) >= 11 is 0. The van der Waals surface area contributed by atoms with Gasteiger partial charge in [0.25, 0.3) is 5.91 Å². The van der Waals surface area contributed by atoms with Gasteiger partial charge in [-0.25, -0.2) is 14.1 Å². The number of halogens is 1. The zero-order valence-electron chi connectivity index (χ0n) is 18.8. The monoisotopic (exact) mass is 474 g/mol. The highest BCUT2D eigenvalue weighted by Gasteiger charge is 2.39. The maximum Gasteiger partial charge on any atom is 0.338 e. The standard InChI is InChI=1S/C27H23FN2O5/c28-21-10-6-19(7-11-21)24(31)17-35-27(34)20-8-12-22(13-9-20)30-25(32)16-23(26(30)33)29-15-14-18-4-2-1-3-5-18/h1-13,23,29H,14-17H2. The number of carbonyl (C=O) groups is 4. The third kappa shape index (κ3) is 5.85. The molecular formula is C27H23FN2O5. The van der Waals surface area contributed by atoms with E-state index in [-0.39, 0.29) is 29.4 Å². The molecule has 1 unspecified atom stereocenters. The first-order valence-corrected chi connectivity index (χ1v) is 11.1. The van der Waals surface area contributed by atoms with Gasteiger partial charge in [-0.3, -0.25) is 14.4 Å².